The van der Waals surface area contributed by atoms with Crippen LogP contribution >= 0.6 is 0 Å². The fourth-order valence-electron chi connectivity index (χ4n) is 2.78. The Morgan fingerprint density at radius 3 is 1.45 bits per heavy atom. The molecule has 0 bridgehead atoms. The van der Waals surface area contributed by atoms with Crippen molar-refractivity contribution in [3.05, 3.63) is 0 Å². The smallest absolute Gasteiger partial charge is 0.303 e. The summed E-state index contributed by atoms with van der Waals surface area (Å²) in [6.07, 6.45) is 1.46. The Labute approximate surface area is 226 Å². The van der Waals surface area contributed by atoms with Gasteiger partial charge in [-0.25, -0.2) is 0 Å². The molecule has 222 valence electrons. The van der Waals surface area contributed by atoms with Gasteiger partial charge in [0.15, 0.2) is 5.78 Å². The molecule has 0 saturated heterocycles. The van der Waals surface area contributed by atoms with E-state index in [1.165, 1.54) is 27.7 Å². The summed E-state index contributed by atoms with van der Waals surface area (Å²) in [5.74, 6) is -3.98. The molecular weight excluding hydrogens is 496 g/mol. The van der Waals surface area contributed by atoms with Gasteiger partial charge in [0.05, 0.1) is 12.1 Å². The number of nitrogens with two attached hydrogens (primary N) is 2. The lowest BCUT2D eigenvalue weighted by molar-refractivity contribution is -0.138. The van der Waals surface area contributed by atoms with Crippen LogP contribution in [0.4, 0.5) is 0 Å². The van der Waals surface area contributed by atoms with Crippen LogP contribution in [0.1, 0.15) is 87.5 Å². The maximum absolute atomic E-state index is 12.4. The third-order valence-electron chi connectivity index (χ3n) is 5.02. The van der Waals surface area contributed by atoms with Gasteiger partial charge in [0.1, 0.15) is 18.1 Å². The highest BCUT2D eigenvalue weighted by atomic mass is 16.4. The van der Waals surface area contributed by atoms with Gasteiger partial charge in [-0.05, 0) is 53.5 Å². The minimum atomic E-state index is -1.11. The van der Waals surface area contributed by atoms with Gasteiger partial charge in [0, 0.05) is 6.42 Å². The lowest BCUT2D eigenvalue weighted by Gasteiger charge is -2.22. The average molecular weight is 547 g/mol. The Balaban J connectivity index is -0.00000291. The van der Waals surface area contributed by atoms with Crippen LogP contribution < -0.4 is 32.7 Å². The number of carbonyl (C=O) groups is 6. The SMILES string of the molecule is CC.CC.CC(=O)C(CCC(=O)O)NC(=O)C(C)NC(=O)C(C)NC(=O)C(C)NC(=O)C(N)CCCCN. The zero-order valence-electron chi connectivity index (χ0n) is 24.2. The molecule has 0 aromatic carbocycles. The third-order valence-corrected chi connectivity index (χ3v) is 5.02. The van der Waals surface area contributed by atoms with Crippen molar-refractivity contribution in [2.75, 3.05) is 6.54 Å². The predicted octanol–water partition coefficient (Wildman–Crippen LogP) is -0.0522. The van der Waals surface area contributed by atoms with E-state index in [0.29, 0.717) is 19.4 Å². The number of unbranched alkanes of at least 4 members (excludes halogenated alkanes) is 1. The first kappa shape index (κ1) is 39.5. The number of rotatable bonds is 16. The van der Waals surface area contributed by atoms with E-state index in [0.717, 1.165) is 6.42 Å². The molecule has 38 heavy (non-hydrogen) atoms. The van der Waals surface area contributed by atoms with Crippen LogP contribution in [0.25, 0.3) is 0 Å². The topological polar surface area (TPSA) is 223 Å². The fourth-order valence-corrected chi connectivity index (χ4v) is 2.78. The van der Waals surface area contributed by atoms with E-state index >= 15 is 0 Å². The van der Waals surface area contributed by atoms with Crippen LogP contribution in [-0.2, 0) is 28.8 Å². The van der Waals surface area contributed by atoms with Crippen LogP contribution in [0.2, 0.25) is 0 Å². The van der Waals surface area contributed by atoms with Crippen molar-refractivity contribution >= 4 is 35.4 Å². The molecular formula is C25H50N6O7. The molecule has 5 unspecified atom stereocenters. The number of carboxylic acids is 1. The number of Topliss-reactive ketones (excluding diaryl/α,β-unsaturated/α-hetero) is 1. The van der Waals surface area contributed by atoms with Crippen molar-refractivity contribution in [3.63, 3.8) is 0 Å². The van der Waals surface area contributed by atoms with E-state index in [1.807, 2.05) is 27.7 Å². The van der Waals surface area contributed by atoms with Gasteiger partial charge in [-0.15, -0.1) is 0 Å². The predicted molar refractivity (Wildman–Crippen MR) is 146 cm³/mol. The third kappa shape index (κ3) is 18.2. The number of hydrogen-bond donors (Lipinski definition) is 7. The highest BCUT2D eigenvalue weighted by Crippen LogP contribution is 2.01. The van der Waals surface area contributed by atoms with Crippen LogP contribution in [-0.4, -0.2) is 77.2 Å². The van der Waals surface area contributed by atoms with Gasteiger partial charge >= 0.3 is 5.97 Å². The summed E-state index contributed by atoms with van der Waals surface area (Å²) in [6, 6.07) is -4.81. The molecule has 13 nitrogen and oxygen atoms in total. The molecule has 0 radical (unpaired) electrons. The number of hydrogen-bond acceptors (Lipinski definition) is 8. The number of aliphatic carboxylic acids is 1. The van der Waals surface area contributed by atoms with Crippen LogP contribution in [0, 0.1) is 0 Å². The van der Waals surface area contributed by atoms with Gasteiger partial charge in [0.25, 0.3) is 0 Å². The van der Waals surface area contributed by atoms with E-state index in [-0.39, 0.29) is 12.8 Å². The summed E-state index contributed by atoms with van der Waals surface area (Å²) < 4.78 is 0. The second-order valence-electron chi connectivity index (χ2n) is 8.19. The molecule has 4 amide bonds. The molecule has 9 N–H and O–H groups in total. The van der Waals surface area contributed by atoms with Crippen molar-refractivity contribution in [1.29, 1.82) is 0 Å². The van der Waals surface area contributed by atoms with Gasteiger partial charge in [0.2, 0.25) is 23.6 Å². The fraction of sp³-hybridized carbons (Fsp3) is 0.760. The number of carboxylic acid groups (broad SMARTS) is 1. The Morgan fingerprint density at radius 1 is 0.684 bits per heavy atom. The normalized spacial score (nSPS) is 13.8. The number of ketones is 1. The zero-order valence-corrected chi connectivity index (χ0v) is 24.2. The summed E-state index contributed by atoms with van der Waals surface area (Å²) >= 11 is 0. The van der Waals surface area contributed by atoms with Crippen molar-refractivity contribution in [1.82, 2.24) is 21.3 Å². The average Bonchev–Trinajstić information content (AvgIpc) is 2.88. The van der Waals surface area contributed by atoms with Gasteiger partial charge < -0.3 is 37.8 Å². The largest absolute Gasteiger partial charge is 0.481 e. The van der Waals surface area contributed by atoms with Crippen molar-refractivity contribution in [2.24, 2.45) is 11.5 Å². The first-order valence-electron chi connectivity index (χ1n) is 13.2. The lowest BCUT2D eigenvalue weighted by Crippen LogP contribution is -2.56. The molecule has 0 fully saturated rings. The van der Waals surface area contributed by atoms with E-state index in [1.54, 1.807) is 0 Å². The summed E-state index contributed by atoms with van der Waals surface area (Å²) in [5, 5.41) is 18.5. The molecule has 0 aliphatic carbocycles. The standard InChI is InChI=1S/C21H38N6O7.2C2H6/c1-11(24-19(32)12(2)26-21(34)15(23)7-5-6-10-22)18(31)25-13(3)20(33)27-16(14(4)28)8-9-17(29)30;2*1-2/h11-13,15-16H,5-10,22-23H2,1-4H3,(H,24,32)(H,25,31)(H,26,34)(H,27,33)(H,29,30);2*1-2H3. The van der Waals surface area contributed by atoms with Gasteiger partial charge in [-0.2, -0.15) is 0 Å². The first-order chi connectivity index (χ1) is 17.8. The maximum Gasteiger partial charge on any atom is 0.303 e. The second kappa shape index (κ2) is 23.1. The maximum atomic E-state index is 12.4. The van der Waals surface area contributed by atoms with E-state index in [2.05, 4.69) is 21.3 Å². The highest BCUT2D eigenvalue weighted by Gasteiger charge is 2.26. The number of carbonyl (C=O) groups excluding carboxylic acids is 5. The van der Waals surface area contributed by atoms with E-state index in [4.69, 9.17) is 16.6 Å². The molecule has 0 aliphatic heterocycles. The van der Waals surface area contributed by atoms with Crippen LogP contribution in [0.3, 0.4) is 0 Å². The monoisotopic (exact) mass is 546 g/mol. The first-order valence-corrected chi connectivity index (χ1v) is 13.2. The minimum absolute atomic E-state index is 0.0795. The molecule has 0 heterocycles. The molecule has 13 heteroatoms. The van der Waals surface area contributed by atoms with E-state index < -0.39 is 65.6 Å². The molecule has 0 aromatic rings. The minimum Gasteiger partial charge on any atom is -0.481 e. The van der Waals surface area contributed by atoms with Gasteiger partial charge in [-0.1, -0.05) is 34.1 Å². The summed E-state index contributed by atoms with van der Waals surface area (Å²) in [4.78, 5) is 71.4. The number of nitrogens with one attached hydrogen (secondary N) is 4. The number of amides is 4. The Bertz CT molecular complexity index is 748. The van der Waals surface area contributed by atoms with E-state index in [9.17, 15) is 28.8 Å². The molecule has 5 atom stereocenters. The van der Waals surface area contributed by atoms with Crippen molar-refractivity contribution < 1.29 is 33.9 Å². The Hall–Kier alpha value is -3.06. The summed E-state index contributed by atoms with van der Waals surface area (Å²) in [6.45, 7) is 13.9. The summed E-state index contributed by atoms with van der Waals surface area (Å²) in [7, 11) is 0. The molecule has 0 rings (SSSR count). The molecule has 0 aliphatic rings. The van der Waals surface area contributed by atoms with Crippen molar-refractivity contribution in [2.45, 2.75) is 118 Å². The quantitative estimate of drug-likeness (QED) is 0.129. The zero-order chi connectivity index (χ0) is 30.4. The van der Waals surface area contributed by atoms with Gasteiger partial charge in [-0.3, -0.25) is 28.8 Å². The Morgan fingerprint density at radius 2 is 1.08 bits per heavy atom. The second-order valence-corrected chi connectivity index (χ2v) is 8.19. The highest BCUT2D eigenvalue weighted by molar-refractivity contribution is 5.95. The van der Waals surface area contributed by atoms with Crippen LogP contribution in [0.15, 0.2) is 0 Å². The Kier molecular flexibility index (Phi) is 24.0. The molecule has 0 aromatic heterocycles. The lowest BCUT2D eigenvalue weighted by atomic mass is 10.1. The molecule has 0 saturated carbocycles. The van der Waals surface area contributed by atoms with Crippen molar-refractivity contribution in [3.8, 4) is 0 Å². The summed E-state index contributed by atoms with van der Waals surface area (Å²) in [5.41, 5.74) is 11.2. The molecule has 0 spiro atoms. The van der Waals surface area contributed by atoms with Crippen LogP contribution in [0.5, 0.6) is 0 Å².